The standard InChI is InChI=1S/C19H18FN5O2/c1-12-9-22-16(10-21-12)18-23-17(24-27-18)14-5-3-7-25(11-14)19(26)13-4-2-6-15(20)8-13/h2,4,6,8-10,14H,3,5,7,11H2,1H3/t14-/m1/s1. The lowest BCUT2D eigenvalue weighted by molar-refractivity contribution is 0.0703. The van der Waals surface area contributed by atoms with Crippen LogP contribution in [0.1, 0.15) is 40.6 Å². The highest BCUT2D eigenvalue weighted by atomic mass is 19.1. The van der Waals surface area contributed by atoms with Crippen molar-refractivity contribution < 1.29 is 13.7 Å². The smallest absolute Gasteiger partial charge is 0.278 e. The van der Waals surface area contributed by atoms with Crippen molar-refractivity contribution in [1.29, 1.82) is 0 Å². The zero-order valence-corrected chi connectivity index (χ0v) is 14.8. The zero-order valence-electron chi connectivity index (χ0n) is 14.8. The molecule has 3 aromatic rings. The number of aryl methyl sites for hydroxylation is 1. The molecular weight excluding hydrogens is 349 g/mol. The third kappa shape index (κ3) is 3.69. The first-order valence-electron chi connectivity index (χ1n) is 8.77. The molecule has 1 fully saturated rings. The van der Waals surface area contributed by atoms with Crippen LogP contribution in [0.15, 0.2) is 41.2 Å². The Morgan fingerprint density at radius 1 is 1.30 bits per heavy atom. The number of piperidine rings is 1. The summed E-state index contributed by atoms with van der Waals surface area (Å²) in [5.74, 6) is 0.214. The maximum atomic E-state index is 13.4. The molecule has 1 atom stereocenters. The summed E-state index contributed by atoms with van der Waals surface area (Å²) in [5.41, 5.74) is 1.67. The number of carbonyl (C=O) groups is 1. The average Bonchev–Trinajstić information content (AvgIpc) is 3.18. The number of carbonyl (C=O) groups excluding carboxylic acids is 1. The van der Waals surface area contributed by atoms with E-state index in [1.807, 2.05) is 6.92 Å². The predicted octanol–water partition coefficient (Wildman–Crippen LogP) is 2.99. The second-order valence-corrected chi connectivity index (χ2v) is 6.60. The fourth-order valence-electron chi connectivity index (χ4n) is 3.18. The van der Waals surface area contributed by atoms with Crippen LogP contribution in [0.2, 0.25) is 0 Å². The predicted molar refractivity (Wildman–Crippen MR) is 94.3 cm³/mol. The fourth-order valence-corrected chi connectivity index (χ4v) is 3.18. The highest BCUT2D eigenvalue weighted by Crippen LogP contribution is 2.27. The Kier molecular flexibility index (Phi) is 4.62. The molecule has 7 nitrogen and oxygen atoms in total. The van der Waals surface area contributed by atoms with Crippen LogP contribution in [0.25, 0.3) is 11.6 Å². The van der Waals surface area contributed by atoms with Crippen molar-refractivity contribution in [1.82, 2.24) is 25.0 Å². The first kappa shape index (κ1) is 17.3. The van der Waals surface area contributed by atoms with Gasteiger partial charge >= 0.3 is 0 Å². The Bertz CT molecular complexity index is 957. The number of rotatable bonds is 3. The van der Waals surface area contributed by atoms with Crippen molar-refractivity contribution in [3.05, 3.63) is 59.6 Å². The molecule has 1 saturated heterocycles. The number of hydrogen-bond acceptors (Lipinski definition) is 6. The lowest BCUT2D eigenvalue weighted by Crippen LogP contribution is -2.39. The van der Waals surface area contributed by atoms with Gasteiger partial charge in [-0.15, -0.1) is 0 Å². The Labute approximate surface area is 155 Å². The van der Waals surface area contributed by atoms with E-state index in [4.69, 9.17) is 4.52 Å². The number of benzene rings is 1. The van der Waals surface area contributed by atoms with Crippen LogP contribution in [-0.2, 0) is 0 Å². The van der Waals surface area contributed by atoms with Crippen LogP contribution >= 0.6 is 0 Å². The molecule has 1 aliphatic heterocycles. The van der Waals surface area contributed by atoms with E-state index < -0.39 is 5.82 Å². The van der Waals surface area contributed by atoms with Gasteiger partial charge in [-0.1, -0.05) is 11.2 Å². The lowest BCUT2D eigenvalue weighted by Gasteiger charge is -2.31. The van der Waals surface area contributed by atoms with Crippen LogP contribution < -0.4 is 0 Å². The molecule has 2 aromatic heterocycles. The molecular formula is C19H18FN5O2. The van der Waals surface area contributed by atoms with Gasteiger partial charge in [0.25, 0.3) is 11.8 Å². The van der Waals surface area contributed by atoms with Crippen molar-refractivity contribution in [3.63, 3.8) is 0 Å². The SMILES string of the molecule is Cc1cnc(-c2nc([C@@H]3CCCN(C(=O)c4cccc(F)c4)C3)no2)cn1. The monoisotopic (exact) mass is 367 g/mol. The maximum absolute atomic E-state index is 13.4. The average molecular weight is 367 g/mol. The van der Waals surface area contributed by atoms with Gasteiger partial charge in [-0.25, -0.2) is 9.37 Å². The minimum absolute atomic E-state index is 0.0350. The molecule has 0 unspecified atom stereocenters. The minimum atomic E-state index is -0.420. The van der Waals surface area contributed by atoms with Gasteiger partial charge in [0, 0.05) is 30.8 Å². The minimum Gasteiger partial charge on any atom is -0.338 e. The third-order valence-corrected chi connectivity index (χ3v) is 4.59. The summed E-state index contributed by atoms with van der Waals surface area (Å²) in [6.07, 6.45) is 4.90. The van der Waals surface area contributed by atoms with E-state index in [0.29, 0.717) is 36.1 Å². The number of halogens is 1. The van der Waals surface area contributed by atoms with E-state index >= 15 is 0 Å². The fraction of sp³-hybridized carbons (Fsp3) is 0.316. The van der Waals surface area contributed by atoms with E-state index in [-0.39, 0.29) is 11.8 Å². The largest absolute Gasteiger partial charge is 0.338 e. The summed E-state index contributed by atoms with van der Waals surface area (Å²) in [5, 5.41) is 4.07. The van der Waals surface area contributed by atoms with Gasteiger partial charge in [0.05, 0.1) is 11.9 Å². The molecule has 0 radical (unpaired) electrons. The number of aromatic nitrogens is 4. The summed E-state index contributed by atoms with van der Waals surface area (Å²) in [6, 6.07) is 5.74. The summed E-state index contributed by atoms with van der Waals surface area (Å²) < 4.78 is 18.7. The summed E-state index contributed by atoms with van der Waals surface area (Å²) in [6.45, 7) is 2.94. The molecule has 8 heteroatoms. The molecule has 0 N–H and O–H groups in total. The topological polar surface area (TPSA) is 85.0 Å². The summed E-state index contributed by atoms with van der Waals surface area (Å²) in [7, 11) is 0. The first-order chi connectivity index (χ1) is 13.1. The van der Waals surface area contributed by atoms with Crippen LogP contribution in [0.5, 0.6) is 0 Å². The third-order valence-electron chi connectivity index (χ3n) is 4.59. The molecule has 1 aliphatic rings. The van der Waals surface area contributed by atoms with E-state index in [9.17, 15) is 9.18 Å². The van der Waals surface area contributed by atoms with E-state index in [1.54, 1.807) is 23.4 Å². The van der Waals surface area contributed by atoms with Crippen molar-refractivity contribution >= 4 is 5.91 Å². The van der Waals surface area contributed by atoms with Gasteiger partial charge in [-0.3, -0.25) is 9.78 Å². The van der Waals surface area contributed by atoms with Gasteiger partial charge in [-0.05, 0) is 38.0 Å². The Morgan fingerprint density at radius 3 is 2.96 bits per heavy atom. The molecule has 0 aliphatic carbocycles. The molecule has 27 heavy (non-hydrogen) atoms. The molecule has 0 bridgehead atoms. The van der Waals surface area contributed by atoms with Crippen LogP contribution in [0.3, 0.4) is 0 Å². The molecule has 1 amide bonds. The van der Waals surface area contributed by atoms with Crippen molar-refractivity contribution in [3.8, 4) is 11.6 Å². The lowest BCUT2D eigenvalue weighted by atomic mass is 9.96. The molecule has 138 valence electrons. The first-order valence-corrected chi connectivity index (χ1v) is 8.77. The zero-order chi connectivity index (χ0) is 18.8. The van der Waals surface area contributed by atoms with Gasteiger partial charge < -0.3 is 9.42 Å². The summed E-state index contributed by atoms with van der Waals surface area (Å²) >= 11 is 0. The van der Waals surface area contributed by atoms with E-state index in [1.165, 1.54) is 18.2 Å². The summed E-state index contributed by atoms with van der Waals surface area (Å²) in [4.78, 5) is 27.2. The maximum Gasteiger partial charge on any atom is 0.278 e. The van der Waals surface area contributed by atoms with E-state index in [0.717, 1.165) is 18.5 Å². The van der Waals surface area contributed by atoms with Crippen LogP contribution in [0.4, 0.5) is 4.39 Å². The van der Waals surface area contributed by atoms with Gasteiger partial charge in [-0.2, -0.15) is 4.98 Å². The Hall–Kier alpha value is -3.16. The highest BCUT2D eigenvalue weighted by Gasteiger charge is 2.29. The second kappa shape index (κ2) is 7.22. The van der Waals surface area contributed by atoms with Gasteiger partial charge in [0.2, 0.25) is 0 Å². The second-order valence-electron chi connectivity index (χ2n) is 6.60. The van der Waals surface area contributed by atoms with E-state index in [2.05, 4.69) is 20.1 Å². The normalized spacial score (nSPS) is 17.1. The number of amides is 1. The van der Waals surface area contributed by atoms with Crippen molar-refractivity contribution in [2.75, 3.05) is 13.1 Å². The Morgan fingerprint density at radius 2 is 2.19 bits per heavy atom. The quantitative estimate of drug-likeness (QED) is 0.707. The molecule has 0 saturated carbocycles. The van der Waals surface area contributed by atoms with Crippen molar-refractivity contribution in [2.45, 2.75) is 25.7 Å². The van der Waals surface area contributed by atoms with Crippen LogP contribution in [-0.4, -0.2) is 44.0 Å². The van der Waals surface area contributed by atoms with Gasteiger partial charge in [0.15, 0.2) is 5.82 Å². The highest BCUT2D eigenvalue weighted by molar-refractivity contribution is 5.94. The molecule has 4 rings (SSSR count). The molecule has 1 aromatic carbocycles. The number of nitrogens with zero attached hydrogens (tertiary/aromatic N) is 5. The molecule has 0 spiro atoms. The Balaban J connectivity index is 1.50. The number of likely N-dealkylation sites (tertiary alicyclic amines) is 1. The van der Waals surface area contributed by atoms with Gasteiger partial charge in [0.1, 0.15) is 11.5 Å². The van der Waals surface area contributed by atoms with Crippen molar-refractivity contribution in [2.24, 2.45) is 0 Å². The number of hydrogen-bond donors (Lipinski definition) is 0. The van der Waals surface area contributed by atoms with Crippen LogP contribution in [0, 0.1) is 12.7 Å². The molecule has 3 heterocycles.